The van der Waals surface area contributed by atoms with E-state index in [0.717, 1.165) is 0 Å². The molecule has 0 radical (unpaired) electrons. The van der Waals surface area contributed by atoms with E-state index in [1.165, 1.54) is 18.1 Å². The molecule has 0 fully saturated rings. The van der Waals surface area contributed by atoms with E-state index in [0.29, 0.717) is 35.1 Å². The van der Waals surface area contributed by atoms with Crippen LogP contribution in [0.5, 0.6) is 0 Å². The van der Waals surface area contributed by atoms with E-state index in [4.69, 9.17) is 16.2 Å². The zero-order valence-corrected chi connectivity index (χ0v) is 15.0. The number of carboxylic acids is 1. The van der Waals surface area contributed by atoms with Crippen molar-refractivity contribution in [2.45, 2.75) is 12.8 Å². The molecule has 0 aromatic carbocycles. The second-order valence-electron chi connectivity index (χ2n) is 4.18. The Labute approximate surface area is 153 Å². The van der Waals surface area contributed by atoms with Gasteiger partial charge in [-0.3, -0.25) is 4.57 Å². The molecule has 1 atom stereocenters. The van der Waals surface area contributed by atoms with E-state index >= 15 is 0 Å². The van der Waals surface area contributed by atoms with Crippen LogP contribution in [0.2, 0.25) is 0 Å². The molecule has 0 aliphatic rings. The van der Waals surface area contributed by atoms with Crippen LogP contribution < -0.4 is 46.1 Å². The number of nitrogens with two attached hydrogens (primary N) is 2. The molecule has 2 aromatic heterocycles. The summed E-state index contributed by atoms with van der Waals surface area (Å²) >= 11 is 1.39. The molecule has 0 aliphatic heterocycles. The van der Waals surface area contributed by atoms with Crippen LogP contribution in [-0.4, -0.2) is 49.6 Å². The fourth-order valence-electron chi connectivity index (χ4n) is 1.55. The van der Waals surface area contributed by atoms with Gasteiger partial charge >= 0.3 is 29.6 Å². The minimum atomic E-state index is -1.24. The van der Waals surface area contributed by atoms with Gasteiger partial charge in [-0.2, -0.15) is 11.8 Å². The van der Waals surface area contributed by atoms with Crippen LogP contribution in [0, 0.1) is 0 Å². The molecule has 0 bridgehead atoms. The van der Waals surface area contributed by atoms with E-state index in [9.17, 15) is 9.90 Å². The Balaban J connectivity index is 0.00000242. The zero-order valence-electron chi connectivity index (χ0n) is 12.1. The third-order valence-corrected chi connectivity index (χ3v) is 3.68. The summed E-state index contributed by atoms with van der Waals surface area (Å²) in [5.74, 6) is 0.00456. The van der Waals surface area contributed by atoms with Gasteiger partial charge in [0.25, 0.3) is 0 Å². The van der Waals surface area contributed by atoms with Crippen LogP contribution in [-0.2, 0) is 16.3 Å². The van der Waals surface area contributed by atoms with Gasteiger partial charge in [-0.05, 0) is 0 Å². The zero-order chi connectivity index (χ0) is 15.2. The van der Waals surface area contributed by atoms with Crippen molar-refractivity contribution in [3.63, 3.8) is 0 Å². The number of aliphatic carboxylic acids is 1. The van der Waals surface area contributed by atoms with Gasteiger partial charge in [0, 0.05) is 11.5 Å². The summed E-state index contributed by atoms with van der Waals surface area (Å²) in [7, 11) is 0. The fourth-order valence-corrected chi connectivity index (χ4v) is 2.34. The number of hydrogen-bond donors (Lipinski definition) is 2. The molecule has 4 N–H and O–H groups in total. The predicted octanol–water partition coefficient (Wildman–Crippen LogP) is -4.80. The van der Waals surface area contributed by atoms with Crippen molar-refractivity contribution < 1.29 is 44.2 Å². The number of carbonyl (C=O) groups excluding carboxylic acids is 1. The monoisotopic (exact) mass is 334 g/mol. The third-order valence-electron chi connectivity index (χ3n) is 2.63. The Morgan fingerprint density at radius 1 is 1.45 bits per heavy atom. The molecule has 0 amide bonds. The van der Waals surface area contributed by atoms with Gasteiger partial charge in [-0.1, -0.05) is 0 Å². The number of fused-ring (bicyclic) bond motifs is 1. The first-order valence-corrected chi connectivity index (χ1v) is 7.28. The Morgan fingerprint density at radius 3 is 2.95 bits per heavy atom. The average Bonchev–Trinajstić information content (AvgIpc) is 2.87. The van der Waals surface area contributed by atoms with Gasteiger partial charge in [0.2, 0.25) is 0 Å². The van der Waals surface area contributed by atoms with Gasteiger partial charge in [0.05, 0.1) is 24.9 Å². The van der Waals surface area contributed by atoms with Crippen LogP contribution in [0.15, 0.2) is 12.7 Å². The van der Waals surface area contributed by atoms with Crippen molar-refractivity contribution in [3.05, 3.63) is 12.7 Å². The molecule has 0 saturated heterocycles. The number of carboxylic acid groups (broad SMARTS) is 1. The number of ether oxygens (including phenoxy) is 1. The molecule has 114 valence electrons. The summed E-state index contributed by atoms with van der Waals surface area (Å²) < 4.78 is 7.18. The second-order valence-corrected chi connectivity index (χ2v) is 5.33. The number of thioether (sulfide) groups is 1. The van der Waals surface area contributed by atoms with Gasteiger partial charge in [0.1, 0.15) is 18.6 Å². The van der Waals surface area contributed by atoms with Crippen LogP contribution in [0.25, 0.3) is 11.2 Å². The molecule has 2 rings (SSSR count). The number of hydrogen-bond acceptors (Lipinski definition) is 9. The molecule has 22 heavy (non-hydrogen) atoms. The molecule has 2 aromatic rings. The second kappa shape index (κ2) is 9.28. The Hall–Kier alpha value is -0.910. The maximum absolute atomic E-state index is 10.4. The van der Waals surface area contributed by atoms with Crippen molar-refractivity contribution in [2.75, 3.05) is 23.8 Å². The number of aromatic nitrogens is 4. The third kappa shape index (κ3) is 5.07. The van der Waals surface area contributed by atoms with Crippen LogP contribution >= 0.6 is 11.8 Å². The van der Waals surface area contributed by atoms with E-state index in [-0.39, 0.29) is 36.3 Å². The molecule has 9 nitrogen and oxygen atoms in total. The topological polar surface area (TPSA) is 145 Å². The van der Waals surface area contributed by atoms with E-state index in [2.05, 4.69) is 15.0 Å². The van der Waals surface area contributed by atoms with E-state index < -0.39 is 12.0 Å². The van der Waals surface area contributed by atoms with Crippen LogP contribution in [0.4, 0.5) is 5.82 Å². The number of nitrogen functional groups attached to an aromatic ring is 1. The standard InChI is InChI=1S/C11H16N6O3S.Na/c12-7(11(18)19)3-21-2-1-20-6-17-5-16-8-9(13)14-4-15-10(8)17;/h4-5,7H,1-3,6,12H2,(H,18,19)(H2,13,14,15);/q;+1/p-1/t7-;/m0./s1. The number of imidazole rings is 1. The molecule has 2 heterocycles. The quantitative estimate of drug-likeness (QED) is 0.359. The number of nitrogens with zero attached hydrogens (tertiary/aromatic N) is 4. The SMILES string of the molecule is Nc1ncnc2c1ncn2COCCSC[C@H](N)C(=O)[O-].[Na+]. The molecule has 0 unspecified atom stereocenters. The van der Waals surface area contributed by atoms with Crippen molar-refractivity contribution in [2.24, 2.45) is 5.73 Å². The van der Waals surface area contributed by atoms with Crippen LogP contribution in [0.3, 0.4) is 0 Å². The van der Waals surface area contributed by atoms with Gasteiger partial charge in [0.15, 0.2) is 11.5 Å². The Bertz CT molecular complexity index is 625. The van der Waals surface area contributed by atoms with Crippen molar-refractivity contribution >= 4 is 34.7 Å². The largest absolute Gasteiger partial charge is 1.00 e. The summed E-state index contributed by atoms with van der Waals surface area (Å²) in [6.07, 6.45) is 2.95. The van der Waals surface area contributed by atoms with Crippen molar-refractivity contribution in [3.8, 4) is 0 Å². The summed E-state index contributed by atoms with van der Waals surface area (Å²) in [6.45, 7) is 0.727. The predicted molar refractivity (Wildman–Crippen MR) is 76.0 cm³/mol. The fraction of sp³-hybridized carbons (Fsp3) is 0.455. The first-order valence-electron chi connectivity index (χ1n) is 6.13. The summed E-state index contributed by atoms with van der Waals surface area (Å²) in [4.78, 5) is 22.5. The van der Waals surface area contributed by atoms with Gasteiger partial charge in [-0.25, -0.2) is 15.0 Å². The summed E-state index contributed by atoms with van der Waals surface area (Å²) in [6, 6.07) is -0.952. The molecular formula is C11H15N6NaO3S. The average molecular weight is 334 g/mol. The van der Waals surface area contributed by atoms with Gasteiger partial charge in [-0.15, -0.1) is 0 Å². The maximum atomic E-state index is 10.4. The normalized spacial score (nSPS) is 12.0. The van der Waals surface area contributed by atoms with E-state index in [1.807, 2.05) is 0 Å². The van der Waals surface area contributed by atoms with E-state index in [1.54, 1.807) is 10.9 Å². The van der Waals surface area contributed by atoms with Gasteiger partial charge < -0.3 is 26.1 Å². The molecule has 0 spiro atoms. The van der Waals surface area contributed by atoms with Crippen molar-refractivity contribution in [1.29, 1.82) is 0 Å². The Morgan fingerprint density at radius 2 is 2.23 bits per heavy atom. The maximum Gasteiger partial charge on any atom is 1.00 e. The number of anilines is 1. The minimum absolute atomic E-state index is 0. The molecule has 0 aliphatic carbocycles. The summed E-state index contributed by atoms with van der Waals surface area (Å²) in [5.41, 5.74) is 12.1. The number of carbonyl (C=O) groups is 1. The van der Waals surface area contributed by atoms with Crippen LogP contribution in [0.1, 0.15) is 0 Å². The Kier molecular flexibility index (Phi) is 8.07. The minimum Gasteiger partial charge on any atom is -0.548 e. The first-order chi connectivity index (χ1) is 10.1. The number of rotatable bonds is 8. The molecule has 11 heteroatoms. The molecule has 0 saturated carbocycles. The van der Waals surface area contributed by atoms with Crippen molar-refractivity contribution in [1.82, 2.24) is 19.5 Å². The first kappa shape index (κ1) is 19.1. The smallest absolute Gasteiger partial charge is 0.548 e. The molecular weight excluding hydrogens is 319 g/mol. The summed E-state index contributed by atoms with van der Waals surface area (Å²) in [5, 5.41) is 10.4.